The van der Waals surface area contributed by atoms with E-state index in [9.17, 15) is 4.79 Å². The molecule has 1 unspecified atom stereocenters. The van der Waals surface area contributed by atoms with E-state index in [0.29, 0.717) is 13.2 Å². The fourth-order valence-corrected chi connectivity index (χ4v) is 3.39. The smallest absolute Gasteiger partial charge is 0.410 e. The van der Waals surface area contributed by atoms with Crippen molar-refractivity contribution >= 4 is 17.4 Å². The van der Waals surface area contributed by atoms with Crippen LogP contribution in [0.2, 0.25) is 0 Å². The van der Waals surface area contributed by atoms with Crippen LogP contribution in [0.25, 0.3) is 0 Å². The van der Waals surface area contributed by atoms with Crippen LogP contribution < -0.4 is 0 Å². The highest BCUT2D eigenvalue weighted by molar-refractivity contribution is 7.09. The summed E-state index contributed by atoms with van der Waals surface area (Å²) in [6, 6.07) is 0. The molecule has 2 heterocycles. The predicted molar refractivity (Wildman–Crippen MR) is 91.7 cm³/mol. The minimum Gasteiger partial charge on any atom is -0.444 e. The van der Waals surface area contributed by atoms with E-state index in [-0.39, 0.29) is 11.7 Å². The Morgan fingerprint density at radius 3 is 2.78 bits per heavy atom. The first kappa shape index (κ1) is 18.2. The van der Waals surface area contributed by atoms with Gasteiger partial charge >= 0.3 is 6.09 Å². The van der Waals surface area contributed by atoms with E-state index in [1.807, 2.05) is 33.1 Å². The van der Waals surface area contributed by atoms with Gasteiger partial charge in [0.25, 0.3) is 0 Å². The molecular weight excluding hydrogens is 312 g/mol. The fraction of sp³-hybridized carbons (Fsp3) is 0.765. The second-order valence-electron chi connectivity index (χ2n) is 7.19. The lowest BCUT2D eigenvalue weighted by Crippen LogP contribution is -2.52. The maximum absolute atomic E-state index is 12.3. The molecule has 1 fully saturated rings. The zero-order chi connectivity index (χ0) is 17.1. The Labute approximate surface area is 143 Å². The van der Waals surface area contributed by atoms with Gasteiger partial charge in [-0.15, -0.1) is 11.3 Å². The lowest BCUT2D eigenvalue weighted by atomic mass is 9.90. The first-order valence-corrected chi connectivity index (χ1v) is 9.14. The molecule has 1 aromatic rings. The molecule has 1 atom stereocenters. The molecule has 0 aliphatic carbocycles. The van der Waals surface area contributed by atoms with Crippen LogP contribution in [-0.4, -0.2) is 40.3 Å². The van der Waals surface area contributed by atoms with Crippen molar-refractivity contribution < 1.29 is 14.3 Å². The van der Waals surface area contributed by atoms with Crippen molar-refractivity contribution in [2.24, 2.45) is 0 Å². The van der Waals surface area contributed by atoms with Crippen molar-refractivity contribution in [3.05, 3.63) is 16.1 Å². The lowest BCUT2D eigenvalue weighted by Gasteiger charge is -2.42. The average molecular weight is 340 g/mol. The molecular formula is C17H28N2O3S. The predicted octanol–water partition coefficient (Wildman–Crippen LogP) is 4.15. The van der Waals surface area contributed by atoms with Gasteiger partial charge in [-0.2, -0.15) is 0 Å². The number of carbonyl (C=O) groups excluding carboxylic acids is 1. The number of rotatable bonds is 4. The molecule has 6 heteroatoms. The van der Waals surface area contributed by atoms with Crippen molar-refractivity contribution in [3.63, 3.8) is 0 Å². The third-order valence-corrected chi connectivity index (χ3v) is 4.85. The maximum atomic E-state index is 12.3. The van der Waals surface area contributed by atoms with E-state index in [1.54, 1.807) is 16.2 Å². The Kier molecular flexibility index (Phi) is 5.68. The molecule has 5 nitrogen and oxygen atoms in total. The van der Waals surface area contributed by atoms with E-state index >= 15 is 0 Å². The molecule has 1 aliphatic rings. The van der Waals surface area contributed by atoms with Crippen molar-refractivity contribution in [2.75, 3.05) is 13.1 Å². The van der Waals surface area contributed by atoms with Crippen LogP contribution in [0.1, 0.15) is 57.7 Å². The van der Waals surface area contributed by atoms with Crippen LogP contribution in [0.3, 0.4) is 0 Å². The summed E-state index contributed by atoms with van der Waals surface area (Å²) >= 11 is 1.63. The van der Waals surface area contributed by atoms with Gasteiger partial charge in [-0.1, -0.05) is 6.92 Å². The van der Waals surface area contributed by atoms with Crippen LogP contribution in [0, 0.1) is 6.92 Å². The number of carbonyl (C=O) groups is 1. The monoisotopic (exact) mass is 340 g/mol. The average Bonchev–Trinajstić information content (AvgIpc) is 2.89. The van der Waals surface area contributed by atoms with E-state index in [1.165, 1.54) is 0 Å². The number of thiazole rings is 1. The molecule has 0 N–H and O–H groups in total. The van der Waals surface area contributed by atoms with Crippen molar-refractivity contribution in [3.8, 4) is 0 Å². The van der Waals surface area contributed by atoms with Crippen molar-refractivity contribution in [1.29, 1.82) is 0 Å². The standard InChI is InChI=1S/C17H28N2O3S/c1-6-17(21-10-14-11-23-13(2)18-14)8-7-9-19(12-17)15(20)22-16(3,4)5/h11H,6-10,12H2,1-5H3. The summed E-state index contributed by atoms with van der Waals surface area (Å²) in [5.41, 5.74) is 0.199. The molecule has 1 saturated heterocycles. The van der Waals surface area contributed by atoms with Gasteiger partial charge in [0.05, 0.1) is 29.5 Å². The highest BCUT2D eigenvalue weighted by Gasteiger charge is 2.38. The number of hydrogen-bond acceptors (Lipinski definition) is 5. The van der Waals surface area contributed by atoms with Crippen LogP contribution in [0.4, 0.5) is 4.79 Å². The number of aryl methyl sites for hydroxylation is 1. The molecule has 23 heavy (non-hydrogen) atoms. The third kappa shape index (κ3) is 5.18. The highest BCUT2D eigenvalue weighted by atomic mass is 32.1. The number of ether oxygens (including phenoxy) is 2. The Bertz CT molecular complexity index is 538. The van der Waals surface area contributed by atoms with Gasteiger partial charge < -0.3 is 14.4 Å². The number of piperidine rings is 1. The summed E-state index contributed by atoms with van der Waals surface area (Å²) in [6.45, 7) is 11.6. The first-order valence-electron chi connectivity index (χ1n) is 8.26. The Morgan fingerprint density at radius 1 is 1.48 bits per heavy atom. The highest BCUT2D eigenvalue weighted by Crippen LogP contribution is 2.30. The Hall–Kier alpha value is -1.14. The summed E-state index contributed by atoms with van der Waals surface area (Å²) in [5, 5.41) is 3.08. The number of aromatic nitrogens is 1. The van der Waals surface area contributed by atoms with Crippen molar-refractivity contribution in [1.82, 2.24) is 9.88 Å². The summed E-state index contributed by atoms with van der Waals surface area (Å²) in [4.78, 5) is 18.6. The number of nitrogens with zero attached hydrogens (tertiary/aromatic N) is 2. The third-order valence-electron chi connectivity index (χ3n) is 4.03. The molecule has 0 bridgehead atoms. The molecule has 0 aromatic carbocycles. The molecule has 1 amide bonds. The van der Waals surface area contributed by atoms with Gasteiger partial charge in [0, 0.05) is 11.9 Å². The van der Waals surface area contributed by atoms with Gasteiger partial charge in [0.1, 0.15) is 5.60 Å². The summed E-state index contributed by atoms with van der Waals surface area (Å²) in [6.07, 6.45) is 2.52. The summed E-state index contributed by atoms with van der Waals surface area (Å²) in [7, 11) is 0. The van der Waals surface area contributed by atoms with Gasteiger partial charge in [-0.3, -0.25) is 0 Å². The second-order valence-corrected chi connectivity index (χ2v) is 8.25. The van der Waals surface area contributed by atoms with Gasteiger partial charge in [-0.05, 0) is 47.0 Å². The van der Waals surface area contributed by atoms with Crippen LogP contribution in [0.5, 0.6) is 0 Å². The van der Waals surface area contributed by atoms with Crippen LogP contribution in [-0.2, 0) is 16.1 Å². The molecule has 0 radical (unpaired) electrons. The fourth-order valence-electron chi connectivity index (χ4n) is 2.79. The molecule has 1 aliphatic heterocycles. The summed E-state index contributed by atoms with van der Waals surface area (Å²) in [5.74, 6) is 0. The quantitative estimate of drug-likeness (QED) is 0.826. The molecule has 2 rings (SSSR count). The SMILES string of the molecule is CCC1(OCc2csc(C)n2)CCCN(C(=O)OC(C)(C)C)C1. The van der Waals surface area contributed by atoms with E-state index in [2.05, 4.69) is 11.9 Å². The number of likely N-dealkylation sites (tertiary alicyclic amines) is 1. The molecule has 0 spiro atoms. The van der Waals surface area contributed by atoms with Crippen LogP contribution in [0.15, 0.2) is 5.38 Å². The number of hydrogen-bond donors (Lipinski definition) is 0. The van der Waals surface area contributed by atoms with E-state index in [0.717, 1.165) is 36.5 Å². The Balaban J connectivity index is 1.98. The maximum Gasteiger partial charge on any atom is 0.410 e. The molecule has 0 saturated carbocycles. The molecule has 130 valence electrons. The topological polar surface area (TPSA) is 51.7 Å². The minimum absolute atomic E-state index is 0.247. The van der Waals surface area contributed by atoms with Crippen molar-refractivity contribution in [2.45, 2.75) is 71.7 Å². The minimum atomic E-state index is -0.470. The normalized spacial score (nSPS) is 22.2. The Morgan fingerprint density at radius 2 is 2.22 bits per heavy atom. The van der Waals surface area contributed by atoms with E-state index in [4.69, 9.17) is 9.47 Å². The van der Waals surface area contributed by atoms with Gasteiger partial charge in [0.2, 0.25) is 0 Å². The summed E-state index contributed by atoms with van der Waals surface area (Å²) < 4.78 is 11.7. The van der Waals surface area contributed by atoms with Gasteiger partial charge in [-0.25, -0.2) is 9.78 Å². The largest absolute Gasteiger partial charge is 0.444 e. The second kappa shape index (κ2) is 7.18. The molecule has 1 aromatic heterocycles. The first-order chi connectivity index (χ1) is 10.7. The zero-order valence-corrected chi connectivity index (χ0v) is 15.7. The lowest BCUT2D eigenvalue weighted by molar-refractivity contribution is -0.102. The zero-order valence-electron chi connectivity index (χ0n) is 14.8. The van der Waals surface area contributed by atoms with E-state index < -0.39 is 5.60 Å². The van der Waals surface area contributed by atoms with Crippen LogP contribution >= 0.6 is 11.3 Å². The number of amides is 1. The van der Waals surface area contributed by atoms with Gasteiger partial charge in [0.15, 0.2) is 0 Å².